The van der Waals surface area contributed by atoms with Crippen LogP contribution in [0.3, 0.4) is 0 Å². The van der Waals surface area contributed by atoms with Crippen molar-refractivity contribution in [3.8, 4) is 0 Å². The van der Waals surface area contributed by atoms with Gasteiger partial charge in [-0.1, -0.05) is 18.5 Å². The minimum absolute atomic E-state index is 0.620. The molecule has 100 valence electrons. The van der Waals surface area contributed by atoms with E-state index >= 15 is 0 Å². The summed E-state index contributed by atoms with van der Waals surface area (Å²) in [6, 6.07) is 7.47. The van der Waals surface area contributed by atoms with E-state index in [4.69, 9.17) is 11.6 Å². The van der Waals surface area contributed by atoms with Crippen LogP contribution in [-0.2, 0) is 0 Å². The zero-order chi connectivity index (χ0) is 13.7. The third kappa shape index (κ3) is 4.08. The molecule has 1 aromatic carbocycles. The third-order valence-corrected chi connectivity index (χ3v) is 3.61. The number of anilines is 3. The molecule has 6 heteroatoms. The zero-order valence-corrected chi connectivity index (χ0v) is 12.8. The maximum Gasteiger partial charge on any atom is 0.224 e. The van der Waals surface area contributed by atoms with Gasteiger partial charge in [-0.15, -0.1) is 0 Å². The van der Waals surface area contributed by atoms with Crippen LogP contribution >= 0.6 is 27.5 Å². The van der Waals surface area contributed by atoms with Gasteiger partial charge in [0.05, 0.1) is 5.02 Å². The van der Waals surface area contributed by atoms with Crippen LogP contribution in [0, 0.1) is 0 Å². The molecule has 0 radical (unpaired) electrons. The Hall–Kier alpha value is -1.33. The summed E-state index contributed by atoms with van der Waals surface area (Å²) >= 11 is 9.41. The Balaban J connectivity index is 2.11. The number of halogens is 2. The number of aromatic nitrogens is 2. The molecule has 0 aliphatic rings. The fraction of sp³-hybridized carbons (Fsp3) is 0.231. The molecular weight excluding hydrogens is 328 g/mol. The maximum absolute atomic E-state index is 6.05. The molecule has 0 atom stereocenters. The summed E-state index contributed by atoms with van der Waals surface area (Å²) in [5.74, 6) is 1.35. The van der Waals surface area contributed by atoms with E-state index in [1.807, 2.05) is 24.3 Å². The van der Waals surface area contributed by atoms with Crippen molar-refractivity contribution in [2.24, 2.45) is 0 Å². The van der Waals surface area contributed by atoms with Gasteiger partial charge < -0.3 is 10.6 Å². The Morgan fingerprint density at radius 2 is 2.16 bits per heavy atom. The lowest BCUT2D eigenvalue weighted by atomic mass is 10.3. The number of benzene rings is 1. The molecule has 2 aromatic rings. The predicted octanol–water partition coefficient (Wildman–Crippen LogP) is 4.46. The number of rotatable bonds is 5. The van der Waals surface area contributed by atoms with Crippen LogP contribution in [0.15, 0.2) is 34.9 Å². The van der Waals surface area contributed by atoms with Crippen molar-refractivity contribution >= 4 is 45.0 Å². The van der Waals surface area contributed by atoms with Crippen molar-refractivity contribution in [2.45, 2.75) is 13.3 Å². The van der Waals surface area contributed by atoms with Crippen molar-refractivity contribution in [2.75, 3.05) is 17.2 Å². The van der Waals surface area contributed by atoms with E-state index in [1.165, 1.54) is 0 Å². The summed E-state index contributed by atoms with van der Waals surface area (Å²) in [6.07, 6.45) is 2.75. The first-order valence-electron chi connectivity index (χ1n) is 5.98. The first-order chi connectivity index (χ1) is 9.19. The molecule has 0 fully saturated rings. The molecule has 1 aromatic heterocycles. The molecule has 2 rings (SSSR count). The molecule has 0 saturated carbocycles. The van der Waals surface area contributed by atoms with Gasteiger partial charge >= 0.3 is 0 Å². The molecular formula is C13H14BrClN4. The molecule has 4 nitrogen and oxygen atoms in total. The highest BCUT2D eigenvalue weighted by Crippen LogP contribution is 2.26. The Bertz CT molecular complexity index is 562. The highest BCUT2D eigenvalue weighted by molar-refractivity contribution is 9.10. The number of hydrogen-bond acceptors (Lipinski definition) is 4. The van der Waals surface area contributed by atoms with Crippen LogP contribution in [0.25, 0.3) is 0 Å². The number of hydrogen-bond donors (Lipinski definition) is 2. The van der Waals surface area contributed by atoms with Crippen molar-refractivity contribution < 1.29 is 0 Å². The molecule has 19 heavy (non-hydrogen) atoms. The van der Waals surface area contributed by atoms with Gasteiger partial charge in [-0.2, -0.15) is 4.98 Å². The number of nitrogens with zero attached hydrogens (tertiary/aromatic N) is 2. The molecule has 0 amide bonds. The summed E-state index contributed by atoms with van der Waals surface area (Å²) in [5, 5.41) is 6.99. The Labute approximate surface area is 125 Å². The van der Waals surface area contributed by atoms with Crippen LogP contribution in [-0.4, -0.2) is 16.5 Å². The lowest BCUT2D eigenvalue weighted by molar-refractivity contribution is 0.953. The Kier molecular flexibility index (Phi) is 4.99. The van der Waals surface area contributed by atoms with Gasteiger partial charge in [0.1, 0.15) is 5.82 Å². The summed E-state index contributed by atoms with van der Waals surface area (Å²) in [7, 11) is 0. The van der Waals surface area contributed by atoms with Crippen molar-refractivity contribution in [3.63, 3.8) is 0 Å². The number of nitrogens with one attached hydrogen (secondary N) is 2. The average molecular weight is 342 g/mol. The van der Waals surface area contributed by atoms with E-state index in [9.17, 15) is 0 Å². The second kappa shape index (κ2) is 6.73. The second-order valence-corrected chi connectivity index (χ2v) is 5.21. The molecule has 0 saturated heterocycles. The molecule has 0 aliphatic heterocycles. The second-order valence-electron chi connectivity index (χ2n) is 3.95. The summed E-state index contributed by atoms with van der Waals surface area (Å²) in [5.41, 5.74) is 0.883. The van der Waals surface area contributed by atoms with Gasteiger partial charge in [0, 0.05) is 22.9 Å². The zero-order valence-electron chi connectivity index (χ0n) is 10.5. The van der Waals surface area contributed by atoms with E-state index in [-0.39, 0.29) is 0 Å². The quantitative estimate of drug-likeness (QED) is 0.843. The van der Waals surface area contributed by atoms with Gasteiger partial charge in [-0.05, 0) is 46.6 Å². The fourth-order valence-electron chi connectivity index (χ4n) is 1.47. The predicted molar refractivity (Wildman–Crippen MR) is 83.2 cm³/mol. The van der Waals surface area contributed by atoms with Gasteiger partial charge in [0.25, 0.3) is 0 Å². The summed E-state index contributed by atoms with van der Waals surface area (Å²) < 4.78 is 0.868. The fourth-order valence-corrected chi connectivity index (χ4v) is 1.90. The molecule has 2 N–H and O–H groups in total. The van der Waals surface area contributed by atoms with E-state index < -0.39 is 0 Å². The first-order valence-corrected chi connectivity index (χ1v) is 7.15. The van der Waals surface area contributed by atoms with Crippen LogP contribution in [0.2, 0.25) is 5.02 Å². The van der Waals surface area contributed by atoms with Crippen molar-refractivity contribution in [3.05, 3.63) is 40.0 Å². The third-order valence-electron chi connectivity index (χ3n) is 2.38. The van der Waals surface area contributed by atoms with Crippen LogP contribution in [0.5, 0.6) is 0 Å². The minimum Gasteiger partial charge on any atom is -0.354 e. The van der Waals surface area contributed by atoms with Crippen molar-refractivity contribution in [1.82, 2.24) is 9.97 Å². The van der Waals surface area contributed by atoms with Crippen LogP contribution < -0.4 is 10.6 Å². The summed E-state index contributed by atoms with van der Waals surface area (Å²) in [4.78, 5) is 8.52. The SMILES string of the molecule is CCCNc1nccc(Nc2ccc(Br)c(Cl)c2)n1. The highest BCUT2D eigenvalue weighted by Gasteiger charge is 2.02. The molecule has 0 bridgehead atoms. The molecule has 0 aliphatic carbocycles. The van der Waals surface area contributed by atoms with Crippen LogP contribution in [0.1, 0.15) is 13.3 Å². The molecule has 1 heterocycles. The standard InChI is InChI=1S/C13H14BrClN4/c1-2-6-16-13-17-7-5-12(19-13)18-9-3-4-10(14)11(15)8-9/h3-5,7-8H,2,6H2,1H3,(H2,16,17,18,19). The van der Waals surface area contributed by atoms with Gasteiger partial charge in [0.15, 0.2) is 0 Å². The van der Waals surface area contributed by atoms with Crippen LogP contribution in [0.4, 0.5) is 17.5 Å². The van der Waals surface area contributed by atoms with Gasteiger partial charge in [0.2, 0.25) is 5.95 Å². The normalized spacial score (nSPS) is 10.3. The largest absolute Gasteiger partial charge is 0.354 e. The van der Waals surface area contributed by atoms with E-state index in [0.29, 0.717) is 11.0 Å². The monoisotopic (exact) mass is 340 g/mol. The average Bonchev–Trinajstić information content (AvgIpc) is 2.41. The maximum atomic E-state index is 6.05. The van der Waals surface area contributed by atoms with Crippen molar-refractivity contribution in [1.29, 1.82) is 0 Å². The Morgan fingerprint density at radius 3 is 2.89 bits per heavy atom. The first kappa shape index (κ1) is 14.1. The molecule has 0 spiro atoms. The topological polar surface area (TPSA) is 49.8 Å². The molecule has 0 unspecified atom stereocenters. The summed E-state index contributed by atoms with van der Waals surface area (Å²) in [6.45, 7) is 2.95. The minimum atomic E-state index is 0.620. The van der Waals surface area contributed by atoms with E-state index in [2.05, 4.69) is 43.5 Å². The lowest BCUT2D eigenvalue weighted by Crippen LogP contribution is -2.05. The lowest BCUT2D eigenvalue weighted by Gasteiger charge is -2.08. The van der Waals surface area contributed by atoms with E-state index in [1.54, 1.807) is 6.20 Å². The smallest absolute Gasteiger partial charge is 0.224 e. The van der Waals surface area contributed by atoms with Gasteiger partial charge in [-0.25, -0.2) is 4.98 Å². The Morgan fingerprint density at radius 1 is 1.32 bits per heavy atom. The highest BCUT2D eigenvalue weighted by atomic mass is 79.9. The van der Waals surface area contributed by atoms with E-state index in [0.717, 1.165) is 28.9 Å². The van der Waals surface area contributed by atoms with Gasteiger partial charge in [-0.3, -0.25) is 0 Å².